The zero-order chi connectivity index (χ0) is 14.0. The molecule has 0 atom stereocenters. The van der Waals surface area contributed by atoms with Gasteiger partial charge in [-0.2, -0.15) is 5.10 Å². The molecule has 2 rings (SSSR count). The number of hydrogen-bond donors (Lipinski definition) is 1. The molecule has 1 heterocycles. The maximum absolute atomic E-state index is 11.9. The van der Waals surface area contributed by atoms with E-state index in [1.807, 2.05) is 0 Å². The zero-order valence-corrected chi connectivity index (χ0v) is 11.1. The molecule has 0 bridgehead atoms. The summed E-state index contributed by atoms with van der Waals surface area (Å²) in [5.41, 5.74) is 5.97. The molecule has 1 aliphatic carbocycles. The quantitative estimate of drug-likeness (QED) is 0.772. The second kappa shape index (κ2) is 5.29. The van der Waals surface area contributed by atoms with Crippen molar-refractivity contribution in [2.45, 2.75) is 32.4 Å². The largest absolute Gasteiger partial charge is 0.461 e. The van der Waals surface area contributed by atoms with Gasteiger partial charge >= 0.3 is 5.97 Å². The minimum Gasteiger partial charge on any atom is -0.461 e. The average molecular weight is 266 g/mol. The number of anilines is 1. The van der Waals surface area contributed by atoms with E-state index < -0.39 is 5.97 Å². The summed E-state index contributed by atoms with van der Waals surface area (Å²) in [6.07, 6.45) is 3.58. The Morgan fingerprint density at radius 1 is 1.58 bits per heavy atom. The third-order valence-electron chi connectivity index (χ3n) is 3.04. The van der Waals surface area contributed by atoms with Gasteiger partial charge in [-0.05, 0) is 19.8 Å². The summed E-state index contributed by atoms with van der Waals surface area (Å²) in [6, 6.07) is 0.352. The highest BCUT2D eigenvalue weighted by Gasteiger charge is 2.29. The molecule has 0 radical (unpaired) electrons. The molecule has 1 aromatic rings. The summed E-state index contributed by atoms with van der Waals surface area (Å²) in [5.74, 6) is -0.609. The zero-order valence-electron chi connectivity index (χ0n) is 11.1. The molecule has 0 aliphatic heterocycles. The Balaban J connectivity index is 2.03. The monoisotopic (exact) mass is 266 g/mol. The maximum atomic E-state index is 11.9. The highest BCUT2D eigenvalue weighted by atomic mass is 16.5. The van der Waals surface area contributed by atoms with Crippen LogP contribution < -0.4 is 5.73 Å². The van der Waals surface area contributed by atoms with E-state index in [-0.39, 0.29) is 30.4 Å². The number of carbonyl (C=O) groups excluding carboxylic acids is 2. The number of rotatable bonds is 5. The van der Waals surface area contributed by atoms with Gasteiger partial charge in [0.2, 0.25) is 5.91 Å². The number of nitrogens with two attached hydrogens (primary N) is 1. The molecular formula is C12H18N4O3. The molecule has 1 amide bonds. The second-order valence-corrected chi connectivity index (χ2v) is 4.59. The van der Waals surface area contributed by atoms with Crippen LogP contribution in [-0.4, -0.2) is 46.3 Å². The van der Waals surface area contributed by atoms with Crippen LogP contribution >= 0.6 is 0 Å². The number of hydrogen-bond acceptors (Lipinski definition) is 5. The lowest BCUT2D eigenvalue weighted by Gasteiger charge is -2.15. The number of amides is 1. The van der Waals surface area contributed by atoms with Crippen LogP contribution in [0.1, 0.15) is 30.3 Å². The van der Waals surface area contributed by atoms with E-state index in [4.69, 9.17) is 10.5 Å². The molecule has 1 aromatic heterocycles. The van der Waals surface area contributed by atoms with Gasteiger partial charge in [0.25, 0.3) is 0 Å². The number of nitrogen functional groups attached to an aromatic ring is 1. The standard InChI is InChI=1S/C12H18N4O3/c1-3-19-12(18)11-9(13)6-16(14-11)7-10(17)15(2)8-4-5-8/h6,8H,3-5,7,13H2,1-2H3. The number of esters is 1. The Kier molecular flexibility index (Phi) is 3.73. The molecule has 104 valence electrons. The smallest absolute Gasteiger partial charge is 0.361 e. The Labute approximate surface area is 111 Å². The van der Waals surface area contributed by atoms with E-state index in [9.17, 15) is 9.59 Å². The van der Waals surface area contributed by atoms with E-state index >= 15 is 0 Å². The third-order valence-corrected chi connectivity index (χ3v) is 3.04. The molecule has 0 unspecified atom stereocenters. The Bertz CT molecular complexity index is 493. The van der Waals surface area contributed by atoms with Crippen LogP contribution in [0.4, 0.5) is 5.69 Å². The molecule has 0 spiro atoms. The lowest BCUT2D eigenvalue weighted by molar-refractivity contribution is -0.131. The molecule has 19 heavy (non-hydrogen) atoms. The minimum absolute atomic E-state index is 0.0413. The third kappa shape index (κ3) is 3.04. The van der Waals surface area contributed by atoms with Crippen molar-refractivity contribution in [1.29, 1.82) is 0 Å². The summed E-state index contributed by atoms with van der Waals surface area (Å²) in [6.45, 7) is 2.05. The molecule has 0 saturated heterocycles. The van der Waals surface area contributed by atoms with Crippen LogP contribution in [-0.2, 0) is 16.1 Å². The number of ether oxygens (including phenoxy) is 1. The highest BCUT2D eigenvalue weighted by Crippen LogP contribution is 2.25. The van der Waals surface area contributed by atoms with E-state index in [0.29, 0.717) is 6.04 Å². The van der Waals surface area contributed by atoms with Crippen LogP contribution in [0.15, 0.2) is 6.20 Å². The Hall–Kier alpha value is -2.05. The fourth-order valence-electron chi connectivity index (χ4n) is 1.79. The Morgan fingerprint density at radius 2 is 2.26 bits per heavy atom. The molecule has 1 saturated carbocycles. The van der Waals surface area contributed by atoms with Crippen LogP contribution in [0.3, 0.4) is 0 Å². The highest BCUT2D eigenvalue weighted by molar-refractivity contribution is 5.92. The molecular weight excluding hydrogens is 248 g/mol. The molecule has 7 heteroatoms. The predicted octanol–water partition coefficient (Wildman–Crippen LogP) is 0.263. The Morgan fingerprint density at radius 3 is 2.84 bits per heavy atom. The van der Waals surface area contributed by atoms with Gasteiger partial charge in [0.05, 0.1) is 12.3 Å². The van der Waals surface area contributed by atoms with E-state index in [0.717, 1.165) is 12.8 Å². The average Bonchev–Trinajstić information content (AvgIpc) is 3.13. The van der Waals surface area contributed by atoms with Gasteiger partial charge in [-0.25, -0.2) is 4.79 Å². The first-order chi connectivity index (χ1) is 9.02. The van der Waals surface area contributed by atoms with E-state index in [1.165, 1.54) is 10.9 Å². The van der Waals surface area contributed by atoms with E-state index in [2.05, 4.69) is 5.10 Å². The van der Waals surface area contributed by atoms with Gasteiger partial charge in [-0.15, -0.1) is 0 Å². The van der Waals surface area contributed by atoms with Crippen molar-refractivity contribution < 1.29 is 14.3 Å². The van der Waals surface area contributed by atoms with E-state index in [1.54, 1.807) is 18.9 Å². The van der Waals surface area contributed by atoms with Crippen molar-refractivity contribution >= 4 is 17.6 Å². The van der Waals surface area contributed by atoms with Gasteiger partial charge in [0.1, 0.15) is 6.54 Å². The van der Waals surface area contributed by atoms with Crippen molar-refractivity contribution in [2.24, 2.45) is 0 Å². The summed E-state index contributed by atoms with van der Waals surface area (Å²) in [5, 5.41) is 4.00. The number of carbonyl (C=O) groups is 2. The molecule has 7 nitrogen and oxygen atoms in total. The van der Waals surface area contributed by atoms with Crippen molar-refractivity contribution in [3.05, 3.63) is 11.9 Å². The van der Waals surface area contributed by atoms with Gasteiger partial charge in [0.15, 0.2) is 5.69 Å². The van der Waals surface area contributed by atoms with Crippen LogP contribution in [0.2, 0.25) is 0 Å². The normalized spacial score (nSPS) is 14.2. The van der Waals surface area contributed by atoms with Gasteiger partial charge in [0, 0.05) is 19.3 Å². The predicted molar refractivity (Wildman–Crippen MR) is 68.4 cm³/mol. The second-order valence-electron chi connectivity index (χ2n) is 4.59. The molecule has 1 fully saturated rings. The first kappa shape index (κ1) is 13.4. The number of aromatic nitrogens is 2. The first-order valence-electron chi connectivity index (χ1n) is 6.28. The number of nitrogens with zero attached hydrogens (tertiary/aromatic N) is 3. The molecule has 2 N–H and O–H groups in total. The van der Waals surface area contributed by atoms with Crippen molar-refractivity contribution in [1.82, 2.24) is 14.7 Å². The van der Waals surface area contributed by atoms with Crippen molar-refractivity contribution in [3.8, 4) is 0 Å². The first-order valence-corrected chi connectivity index (χ1v) is 6.28. The number of likely N-dealkylation sites (N-methyl/N-ethyl adjacent to an activating group) is 1. The minimum atomic E-state index is -0.568. The lowest BCUT2D eigenvalue weighted by atomic mass is 10.4. The lowest BCUT2D eigenvalue weighted by Crippen LogP contribution is -2.32. The van der Waals surface area contributed by atoms with Crippen LogP contribution in [0.25, 0.3) is 0 Å². The topological polar surface area (TPSA) is 90.4 Å². The van der Waals surface area contributed by atoms with Gasteiger partial charge < -0.3 is 15.4 Å². The molecule has 1 aliphatic rings. The van der Waals surface area contributed by atoms with Crippen LogP contribution in [0, 0.1) is 0 Å². The van der Waals surface area contributed by atoms with Gasteiger partial charge in [-0.1, -0.05) is 0 Å². The summed E-state index contributed by atoms with van der Waals surface area (Å²) in [4.78, 5) is 25.2. The fourth-order valence-corrected chi connectivity index (χ4v) is 1.79. The molecule has 0 aromatic carbocycles. The maximum Gasteiger partial charge on any atom is 0.361 e. The summed E-state index contributed by atoms with van der Waals surface area (Å²) < 4.78 is 6.21. The van der Waals surface area contributed by atoms with Crippen molar-refractivity contribution in [2.75, 3.05) is 19.4 Å². The summed E-state index contributed by atoms with van der Waals surface area (Å²) >= 11 is 0. The summed E-state index contributed by atoms with van der Waals surface area (Å²) in [7, 11) is 1.78. The van der Waals surface area contributed by atoms with Crippen LogP contribution in [0.5, 0.6) is 0 Å². The van der Waals surface area contributed by atoms with Gasteiger partial charge in [-0.3, -0.25) is 9.48 Å². The SMILES string of the molecule is CCOC(=O)c1nn(CC(=O)N(C)C2CC2)cc1N. The van der Waals surface area contributed by atoms with Crippen molar-refractivity contribution in [3.63, 3.8) is 0 Å². The fraction of sp³-hybridized carbons (Fsp3) is 0.583.